The van der Waals surface area contributed by atoms with E-state index in [0.29, 0.717) is 0 Å². The van der Waals surface area contributed by atoms with Gasteiger partial charge in [-0.25, -0.2) is 4.98 Å². The van der Waals surface area contributed by atoms with Gasteiger partial charge in [0.15, 0.2) is 18.2 Å². The van der Waals surface area contributed by atoms with Crippen LogP contribution in [0.2, 0.25) is 0 Å². The lowest BCUT2D eigenvalue weighted by atomic mass is 10.3. The summed E-state index contributed by atoms with van der Waals surface area (Å²) in [7, 11) is 1.32. The van der Waals surface area contributed by atoms with Gasteiger partial charge in [-0.1, -0.05) is 0 Å². The Hall–Kier alpha value is -0.820. The van der Waals surface area contributed by atoms with E-state index in [0.717, 1.165) is 0 Å². The summed E-state index contributed by atoms with van der Waals surface area (Å²) in [6, 6.07) is 2.54. The minimum atomic E-state index is -4.55. The van der Waals surface area contributed by atoms with Crippen molar-refractivity contribution < 1.29 is 22.6 Å². The van der Waals surface area contributed by atoms with E-state index in [1.54, 1.807) is 0 Å². The molecule has 0 saturated carbocycles. The number of pyridine rings is 1. The van der Waals surface area contributed by atoms with Crippen LogP contribution in [0.15, 0.2) is 16.7 Å². The van der Waals surface area contributed by atoms with Gasteiger partial charge in [0.05, 0.1) is 0 Å². The normalized spacial score (nSPS) is 11.5. The van der Waals surface area contributed by atoms with E-state index >= 15 is 0 Å². The molecule has 3 nitrogen and oxygen atoms in total. The summed E-state index contributed by atoms with van der Waals surface area (Å²) in [4.78, 5) is 3.31. The molecule has 0 amide bonds. The molecule has 0 radical (unpaired) electrons. The average Bonchev–Trinajstić information content (AvgIpc) is 2.14. The van der Waals surface area contributed by atoms with Crippen LogP contribution in [-0.4, -0.2) is 18.9 Å². The second-order valence-electron chi connectivity index (χ2n) is 2.53. The van der Waals surface area contributed by atoms with Gasteiger partial charge in [0.2, 0.25) is 0 Å². The van der Waals surface area contributed by atoms with E-state index in [1.165, 1.54) is 19.2 Å². The first-order valence-electron chi connectivity index (χ1n) is 3.80. The van der Waals surface area contributed by atoms with Crippen molar-refractivity contribution in [2.75, 3.05) is 13.9 Å². The van der Waals surface area contributed by atoms with Crippen LogP contribution in [0.1, 0.15) is 5.69 Å². The molecule has 0 unspecified atom stereocenters. The van der Waals surface area contributed by atoms with Gasteiger partial charge in [-0.05, 0) is 28.1 Å². The lowest BCUT2D eigenvalue weighted by Gasteiger charge is -2.12. The highest BCUT2D eigenvalue weighted by molar-refractivity contribution is 9.10. The van der Waals surface area contributed by atoms with Crippen LogP contribution in [0.25, 0.3) is 0 Å². The van der Waals surface area contributed by atoms with Gasteiger partial charge in [0.25, 0.3) is 0 Å². The van der Waals surface area contributed by atoms with Gasteiger partial charge < -0.3 is 9.47 Å². The molecule has 0 aliphatic heterocycles. The zero-order valence-electron chi connectivity index (χ0n) is 7.64. The molecule has 0 spiro atoms. The van der Waals surface area contributed by atoms with E-state index in [1.807, 2.05) is 0 Å². The van der Waals surface area contributed by atoms with E-state index in [2.05, 4.69) is 25.7 Å². The quantitative estimate of drug-likeness (QED) is 0.632. The van der Waals surface area contributed by atoms with Crippen LogP contribution in [-0.2, 0) is 10.9 Å². The lowest BCUT2D eigenvalue weighted by Crippen LogP contribution is -2.12. The average molecular weight is 286 g/mol. The number of methoxy groups -OCH3 is 1. The van der Waals surface area contributed by atoms with Crippen LogP contribution < -0.4 is 4.74 Å². The summed E-state index contributed by atoms with van der Waals surface area (Å²) in [6.07, 6.45) is -4.55. The molecular weight excluding hydrogens is 279 g/mol. The van der Waals surface area contributed by atoms with Crippen LogP contribution in [0.4, 0.5) is 13.2 Å². The van der Waals surface area contributed by atoms with Crippen LogP contribution in [0, 0.1) is 0 Å². The van der Waals surface area contributed by atoms with Crippen LogP contribution in [0.3, 0.4) is 0 Å². The van der Waals surface area contributed by atoms with Crippen molar-refractivity contribution in [1.29, 1.82) is 0 Å². The van der Waals surface area contributed by atoms with Crippen molar-refractivity contribution in [2.45, 2.75) is 6.18 Å². The SMILES string of the molecule is COCOc1ccc(Br)nc1C(F)(F)F. The molecule has 0 bridgehead atoms. The van der Waals surface area contributed by atoms with Crippen molar-refractivity contribution in [1.82, 2.24) is 4.98 Å². The standard InChI is InChI=1S/C8H7BrF3NO2/c1-14-4-15-5-2-3-6(9)13-7(5)8(10,11)12/h2-3H,4H2,1H3. The zero-order chi connectivity index (χ0) is 11.5. The molecular formula is C8H7BrF3NO2. The van der Waals surface area contributed by atoms with Crippen molar-refractivity contribution in [3.05, 3.63) is 22.4 Å². The summed E-state index contributed by atoms with van der Waals surface area (Å²) < 4.78 is 46.7. The monoisotopic (exact) mass is 285 g/mol. The third kappa shape index (κ3) is 3.35. The molecule has 15 heavy (non-hydrogen) atoms. The van der Waals surface area contributed by atoms with Crippen LogP contribution >= 0.6 is 15.9 Å². The molecule has 0 aliphatic carbocycles. The number of ether oxygens (including phenoxy) is 2. The fraction of sp³-hybridized carbons (Fsp3) is 0.375. The molecule has 1 rings (SSSR count). The molecule has 0 N–H and O–H groups in total. The minimum Gasteiger partial charge on any atom is -0.465 e. The largest absolute Gasteiger partial charge is 0.465 e. The second-order valence-corrected chi connectivity index (χ2v) is 3.34. The number of rotatable bonds is 3. The number of alkyl halides is 3. The number of hydrogen-bond acceptors (Lipinski definition) is 3. The summed E-state index contributed by atoms with van der Waals surface area (Å²) >= 11 is 2.86. The minimum absolute atomic E-state index is 0.0968. The topological polar surface area (TPSA) is 31.4 Å². The second kappa shape index (κ2) is 4.80. The first-order chi connectivity index (χ1) is 6.95. The van der Waals surface area contributed by atoms with Gasteiger partial charge in [0, 0.05) is 7.11 Å². The maximum Gasteiger partial charge on any atom is 0.437 e. The van der Waals surface area contributed by atoms with E-state index in [-0.39, 0.29) is 17.1 Å². The first-order valence-corrected chi connectivity index (χ1v) is 4.60. The molecule has 0 aliphatic rings. The van der Waals surface area contributed by atoms with Gasteiger partial charge in [-0.3, -0.25) is 0 Å². The Morgan fingerprint density at radius 1 is 1.40 bits per heavy atom. The van der Waals surface area contributed by atoms with Gasteiger partial charge in [0.1, 0.15) is 4.60 Å². The Morgan fingerprint density at radius 3 is 2.60 bits per heavy atom. The number of hydrogen-bond donors (Lipinski definition) is 0. The van der Waals surface area contributed by atoms with E-state index in [4.69, 9.17) is 4.74 Å². The summed E-state index contributed by atoms with van der Waals surface area (Å²) in [5, 5.41) is 0. The third-order valence-electron chi connectivity index (χ3n) is 1.43. The molecule has 1 aromatic heterocycles. The Kier molecular flexibility index (Phi) is 3.92. The van der Waals surface area contributed by atoms with Gasteiger partial charge in [-0.15, -0.1) is 0 Å². The fourth-order valence-electron chi connectivity index (χ4n) is 0.865. The molecule has 7 heteroatoms. The highest BCUT2D eigenvalue weighted by atomic mass is 79.9. The summed E-state index contributed by atoms with van der Waals surface area (Å²) in [5.74, 6) is -0.354. The highest BCUT2D eigenvalue weighted by Crippen LogP contribution is 2.35. The molecule has 0 atom stereocenters. The fourth-order valence-corrected chi connectivity index (χ4v) is 1.17. The van der Waals surface area contributed by atoms with Crippen molar-refractivity contribution >= 4 is 15.9 Å². The third-order valence-corrected chi connectivity index (χ3v) is 1.87. The summed E-state index contributed by atoms with van der Waals surface area (Å²) in [6.45, 7) is -0.258. The molecule has 0 aromatic carbocycles. The maximum atomic E-state index is 12.5. The lowest BCUT2D eigenvalue weighted by molar-refractivity contribution is -0.143. The van der Waals surface area contributed by atoms with Crippen LogP contribution in [0.5, 0.6) is 5.75 Å². The van der Waals surface area contributed by atoms with Crippen molar-refractivity contribution in [3.8, 4) is 5.75 Å². The van der Waals surface area contributed by atoms with Crippen molar-refractivity contribution in [3.63, 3.8) is 0 Å². The number of nitrogens with zero attached hydrogens (tertiary/aromatic N) is 1. The first kappa shape index (κ1) is 12.3. The Labute approximate surface area is 92.3 Å². The maximum absolute atomic E-state index is 12.5. The number of aromatic nitrogens is 1. The molecule has 0 saturated heterocycles. The van der Waals surface area contributed by atoms with E-state index < -0.39 is 11.9 Å². The molecule has 1 heterocycles. The Morgan fingerprint density at radius 2 is 2.07 bits per heavy atom. The van der Waals surface area contributed by atoms with E-state index in [9.17, 15) is 13.2 Å². The zero-order valence-corrected chi connectivity index (χ0v) is 9.22. The van der Waals surface area contributed by atoms with Gasteiger partial charge in [-0.2, -0.15) is 13.2 Å². The molecule has 84 valence electrons. The van der Waals surface area contributed by atoms with Crippen molar-refractivity contribution in [2.24, 2.45) is 0 Å². The Balaban J connectivity index is 3.04. The predicted molar refractivity (Wildman–Crippen MR) is 49.4 cm³/mol. The molecule has 0 fully saturated rings. The Bertz CT molecular complexity index is 343. The van der Waals surface area contributed by atoms with Gasteiger partial charge >= 0.3 is 6.18 Å². The predicted octanol–water partition coefficient (Wildman–Crippen LogP) is 2.85. The highest BCUT2D eigenvalue weighted by Gasteiger charge is 2.36. The molecule has 1 aromatic rings. The smallest absolute Gasteiger partial charge is 0.437 e. The summed E-state index contributed by atoms with van der Waals surface area (Å²) in [5.41, 5.74) is -1.08. The number of halogens is 4.